The van der Waals surface area contributed by atoms with Crippen LogP contribution in [-0.4, -0.2) is 70.6 Å². The number of carbonyl (C=O) groups is 1. The highest BCUT2D eigenvalue weighted by molar-refractivity contribution is 5.87. The predicted molar refractivity (Wildman–Crippen MR) is 209 cm³/mol. The summed E-state index contributed by atoms with van der Waals surface area (Å²) in [6.45, 7) is 4.61. The summed E-state index contributed by atoms with van der Waals surface area (Å²) in [5, 5.41) is 36.8. The number of nitrogens with one attached hydrogen (secondary N) is 2. The first kappa shape index (κ1) is 38.7. The number of unbranched alkanes of at least 4 members (excludes halogenated alkanes) is 3. The molecular weight excluding hydrogens is 682 g/mol. The summed E-state index contributed by atoms with van der Waals surface area (Å²) in [6, 6.07) is 32.6. The van der Waals surface area contributed by atoms with Crippen molar-refractivity contribution < 1.29 is 29.6 Å². The molecule has 1 fully saturated rings. The predicted octanol–water partition coefficient (Wildman–Crippen LogP) is 6.19. The minimum absolute atomic E-state index is 0.0334. The van der Waals surface area contributed by atoms with Crippen molar-refractivity contribution in [3.8, 4) is 11.5 Å². The SMILES string of the molecule is O=C(OCC1CCN(Cc2ccccc2)CC1)C(O)(c1ccccc1)c1cccc(OCCCCCCNC[C@@H](O)c2ccc(O)c3[nH]c(=O)ccc23)c1. The summed E-state index contributed by atoms with van der Waals surface area (Å²) in [4.78, 5) is 30.5. The minimum Gasteiger partial charge on any atom is -0.506 e. The molecule has 1 aliphatic rings. The Hall–Kier alpha value is -5.00. The van der Waals surface area contributed by atoms with Crippen molar-refractivity contribution in [1.82, 2.24) is 15.2 Å². The molecular formula is C44H51N3O7. The summed E-state index contributed by atoms with van der Waals surface area (Å²) in [7, 11) is 0. The molecule has 0 spiro atoms. The van der Waals surface area contributed by atoms with Crippen molar-refractivity contribution in [2.45, 2.75) is 56.8 Å². The van der Waals surface area contributed by atoms with Gasteiger partial charge >= 0.3 is 5.97 Å². The van der Waals surface area contributed by atoms with Crippen molar-refractivity contribution in [2.24, 2.45) is 5.92 Å². The third-order valence-corrected chi connectivity index (χ3v) is 10.3. The first-order valence-electron chi connectivity index (χ1n) is 19.0. The summed E-state index contributed by atoms with van der Waals surface area (Å²) in [5.74, 6) is 0.0839. The van der Waals surface area contributed by atoms with E-state index in [1.807, 2.05) is 18.2 Å². The number of aliphatic hydroxyl groups excluding tert-OH is 1. The van der Waals surface area contributed by atoms with Gasteiger partial charge in [0.25, 0.3) is 0 Å². The first-order chi connectivity index (χ1) is 26.3. The van der Waals surface area contributed by atoms with Crippen LogP contribution in [0.1, 0.15) is 66.9 Å². The number of piperidine rings is 1. The molecule has 6 rings (SSSR count). The lowest BCUT2D eigenvalue weighted by Crippen LogP contribution is -2.40. The lowest BCUT2D eigenvalue weighted by molar-refractivity contribution is -0.164. The number of pyridine rings is 1. The average molecular weight is 734 g/mol. The Balaban J connectivity index is 0.937. The third-order valence-electron chi connectivity index (χ3n) is 10.3. The Morgan fingerprint density at radius 3 is 2.37 bits per heavy atom. The number of hydrogen-bond donors (Lipinski definition) is 5. The molecule has 284 valence electrons. The number of aliphatic hydroxyl groups is 2. The van der Waals surface area contributed by atoms with Gasteiger partial charge in [-0.2, -0.15) is 0 Å². The van der Waals surface area contributed by atoms with Crippen molar-refractivity contribution in [3.63, 3.8) is 0 Å². The lowest BCUT2D eigenvalue weighted by Gasteiger charge is -2.33. The second-order valence-corrected chi connectivity index (χ2v) is 14.2. The number of rotatable bonds is 18. The van der Waals surface area contributed by atoms with E-state index in [0.717, 1.165) is 64.7 Å². The molecule has 5 N–H and O–H groups in total. The second kappa shape index (κ2) is 18.9. The van der Waals surface area contributed by atoms with Crippen LogP contribution in [0.3, 0.4) is 0 Å². The monoisotopic (exact) mass is 733 g/mol. The van der Waals surface area contributed by atoms with Gasteiger partial charge in [-0.25, -0.2) is 4.79 Å². The van der Waals surface area contributed by atoms with Crippen LogP contribution in [0.2, 0.25) is 0 Å². The fourth-order valence-corrected chi connectivity index (χ4v) is 7.14. The van der Waals surface area contributed by atoms with E-state index < -0.39 is 17.7 Å². The van der Waals surface area contributed by atoms with Crippen LogP contribution in [-0.2, 0) is 21.7 Å². The molecule has 0 saturated carbocycles. The molecule has 1 aromatic heterocycles. The minimum atomic E-state index is -1.98. The Morgan fingerprint density at radius 2 is 1.59 bits per heavy atom. The molecule has 0 bridgehead atoms. The van der Waals surface area contributed by atoms with E-state index in [-0.39, 0.29) is 23.8 Å². The number of fused-ring (bicyclic) bond motifs is 1. The smallest absolute Gasteiger partial charge is 0.347 e. The quantitative estimate of drug-likeness (QED) is 0.0526. The van der Waals surface area contributed by atoms with Gasteiger partial charge in [-0.15, -0.1) is 0 Å². The lowest BCUT2D eigenvalue weighted by atomic mass is 9.86. The summed E-state index contributed by atoms with van der Waals surface area (Å²) in [6.07, 6.45) is 4.74. The van der Waals surface area contributed by atoms with Crippen LogP contribution >= 0.6 is 0 Å². The molecule has 1 aliphatic heterocycles. The number of ether oxygens (including phenoxy) is 2. The molecule has 0 radical (unpaired) electrons. The molecule has 2 heterocycles. The van der Waals surface area contributed by atoms with Crippen molar-refractivity contribution in [2.75, 3.05) is 39.4 Å². The summed E-state index contributed by atoms with van der Waals surface area (Å²) in [5.41, 5.74) is 0.796. The molecule has 10 nitrogen and oxygen atoms in total. The number of phenols is 1. The van der Waals surface area contributed by atoms with Crippen LogP contribution in [0.25, 0.3) is 10.9 Å². The van der Waals surface area contributed by atoms with Gasteiger partial charge in [0.15, 0.2) is 0 Å². The highest BCUT2D eigenvalue weighted by atomic mass is 16.5. The van der Waals surface area contributed by atoms with Crippen LogP contribution in [0.5, 0.6) is 11.5 Å². The molecule has 54 heavy (non-hydrogen) atoms. The molecule has 0 aliphatic carbocycles. The Morgan fingerprint density at radius 1 is 0.870 bits per heavy atom. The van der Waals surface area contributed by atoms with Gasteiger partial charge in [-0.1, -0.05) is 91.7 Å². The Kier molecular flexibility index (Phi) is 13.5. The number of benzene rings is 4. The van der Waals surface area contributed by atoms with Crippen molar-refractivity contribution in [3.05, 3.63) is 142 Å². The van der Waals surface area contributed by atoms with Crippen molar-refractivity contribution in [1.29, 1.82) is 0 Å². The largest absolute Gasteiger partial charge is 0.506 e. The number of aromatic nitrogens is 1. The fraction of sp³-hybridized carbons (Fsp3) is 0.364. The van der Waals surface area contributed by atoms with E-state index in [4.69, 9.17) is 9.47 Å². The van der Waals surface area contributed by atoms with E-state index in [9.17, 15) is 24.9 Å². The van der Waals surface area contributed by atoms with Crippen LogP contribution in [0.4, 0.5) is 0 Å². The molecule has 4 aromatic carbocycles. The molecule has 1 unspecified atom stereocenters. The summed E-state index contributed by atoms with van der Waals surface area (Å²) >= 11 is 0. The number of esters is 1. The Labute approximate surface area is 316 Å². The number of aromatic hydroxyl groups is 1. The molecule has 5 aromatic rings. The number of aromatic amines is 1. The van der Waals surface area contributed by atoms with E-state index in [0.29, 0.717) is 46.5 Å². The second-order valence-electron chi connectivity index (χ2n) is 14.2. The van der Waals surface area contributed by atoms with E-state index in [1.54, 1.807) is 54.6 Å². The number of carbonyl (C=O) groups excluding carboxylic acids is 1. The van der Waals surface area contributed by atoms with Gasteiger partial charge in [0.1, 0.15) is 11.5 Å². The maximum Gasteiger partial charge on any atom is 0.347 e. The zero-order chi connectivity index (χ0) is 37.8. The number of likely N-dealkylation sites (tertiary alicyclic amines) is 1. The van der Waals surface area contributed by atoms with Crippen molar-refractivity contribution >= 4 is 16.9 Å². The number of H-pyrrole nitrogens is 1. The van der Waals surface area contributed by atoms with Gasteiger partial charge in [-0.05, 0) is 92.2 Å². The number of nitrogens with zero attached hydrogens (tertiary/aromatic N) is 1. The van der Waals surface area contributed by atoms with Gasteiger partial charge in [0.05, 0.1) is 24.8 Å². The van der Waals surface area contributed by atoms with Gasteiger partial charge in [0, 0.05) is 30.1 Å². The van der Waals surface area contributed by atoms with E-state index in [2.05, 4.69) is 39.5 Å². The van der Waals surface area contributed by atoms with Gasteiger partial charge in [-0.3, -0.25) is 9.69 Å². The first-order valence-corrected chi connectivity index (χ1v) is 19.0. The van der Waals surface area contributed by atoms with E-state index in [1.165, 1.54) is 17.7 Å². The van der Waals surface area contributed by atoms with Gasteiger partial charge < -0.3 is 35.1 Å². The molecule has 2 atom stereocenters. The van der Waals surface area contributed by atoms with Crippen LogP contribution in [0, 0.1) is 5.92 Å². The normalized spacial score (nSPS) is 15.4. The topological polar surface area (TPSA) is 144 Å². The maximum atomic E-state index is 13.8. The van der Waals surface area contributed by atoms with Crippen LogP contribution < -0.4 is 15.6 Å². The zero-order valence-corrected chi connectivity index (χ0v) is 30.7. The third kappa shape index (κ3) is 9.95. The highest BCUT2D eigenvalue weighted by Crippen LogP contribution is 2.34. The standard InChI is InChI=1S/C44H51N3O7/c48-39-20-18-37(38-19-21-41(50)46-42(38)39)40(49)29-45-24-9-1-2-10-27-53-36-17-11-16-35(28-36)44(52,34-14-7-4-8-15-34)43(51)54-31-33-22-25-47(26-23-33)30-32-12-5-3-6-13-32/h3-8,11-21,28,33,40,45,48-49,52H,1-2,9-10,22-27,29-31H2,(H,46,50)/t40-,44?/m1/s1. The maximum absolute atomic E-state index is 13.8. The molecule has 0 amide bonds. The molecule has 1 saturated heterocycles. The Bertz CT molecular complexity index is 2000. The zero-order valence-electron chi connectivity index (χ0n) is 30.7. The highest BCUT2D eigenvalue weighted by Gasteiger charge is 2.42. The molecule has 10 heteroatoms. The fourth-order valence-electron chi connectivity index (χ4n) is 7.14. The number of phenolic OH excluding ortho intramolecular Hbond substituents is 1. The number of hydrogen-bond acceptors (Lipinski definition) is 9. The van der Waals surface area contributed by atoms with Crippen LogP contribution in [0.15, 0.2) is 114 Å². The van der Waals surface area contributed by atoms with E-state index >= 15 is 0 Å². The average Bonchev–Trinajstić information content (AvgIpc) is 3.20. The summed E-state index contributed by atoms with van der Waals surface area (Å²) < 4.78 is 11.9. The van der Waals surface area contributed by atoms with Gasteiger partial charge in [0.2, 0.25) is 11.2 Å².